The SMILES string of the molecule is CCNC(=NCCS(=O)(=O)NCC1CCC1)NC(C)Cc1ccc(C)s1.I. The number of hydrogen-bond acceptors (Lipinski definition) is 4. The molecule has 1 heterocycles. The summed E-state index contributed by atoms with van der Waals surface area (Å²) in [6.07, 6.45) is 4.41. The maximum atomic E-state index is 12.1. The van der Waals surface area contributed by atoms with E-state index < -0.39 is 10.0 Å². The molecule has 0 saturated heterocycles. The van der Waals surface area contributed by atoms with E-state index in [0.717, 1.165) is 25.8 Å². The van der Waals surface area contributed by atoms with Crippen molar-refractivity contribution in [3.8, 4) is 0 Å². The summed E-state index contributed by atoms with van der Waals surface area (Å²) in [5.41, 5.74) is 0. The molecule has 27 heavy (non-hydrogen) atoms. The van der Waals surface area contributed by atoms with Gasteiger partial charge >= 0.3 is 0 Å². The molecule has 1 fully saturated rings. The lowest BCUT2D eigenvalue weighted by atomic mass is 9.86. The average Bonchev–Trinajstić information content (AvgIpc) is 2.90. The van der Waals surface area contributed by atoms with E-state index in [2.05, 4.69) is 46.3 Å². The van der Waals surface area contributed by atoms with Gasteiger partial charge in [-0.25, -0.2) is 13.1 Å². The second-order valence-electron chi connectivity index (χ2n) is 6.99. The van der Waals surface area contributed by atoms with E-state index in [1.807, 2.05) is 6.92 Å². The molecule has 3 N–H and O–H groups in total. The first-order valence-electron chi connectivity index (χ1n) is 9.45. The molecule has 1 atom stereocenters. The van der Waals surface area contributed by atoms with Gasteiger partial charge in [0, 0.05) is 35.3 Å². The fourth-order valence-corrected chi connectivity index (χ4v) is 4.78. The quantitative estimate of drug-likeness (QED) is 0.248. The molecule has 1 aliphatic rings. The molecule has 2 rings (SSSR count). The standard InChI is InChI=1S/C18H32N4O2S2.HI/c1-4-19-18(22-14(2)12-17-9-8-15(3)25-17)20-10-11-26(23,24)21-13-16-6-5-7-16;/h8-9,14,16,21H,4-7,10-13H2,1-3H3,(H2,19,20,22);1H. The molecule has 1 aromatic heterocycles. The molecule has 6 nitrogen and oxygen atoms in total. The highest BCUT2D eigenvalue weighted by Gasteiger charge is 2.20. The maximum absolute atomic E-state index is 12.1. The topological polar surface area (TPSA) is 82.6 Å². The minimum Gasteiger partial charge on any atom is -0.357 e. The minimum atomic E-state index is -3.25. The Balaban J connectivity index is 0.00000364. The van der Waals surface area contributed by atoms with Crippen molar-refractivity contribution in [2.45, 2.75) is 52.5 Å². The van der Waals surface area contributed by atoms with Crippen LogP contribution in [-0.2, 0) is 16.4 Å². The van der Waals surface area contributed by atoms with Crippen LogP contribution in [-0.4, -0.2) is 45.8 Å². The van der Waals surface area contributed by atoms with E-state index in [0.29, 0.717) is 18.4 Å². The van der Waals surface area contributed by atoms with Crippen LogP contribution in [0.15, 0.2) is 17.1 Å². The summed E-state index contributed by atoms with van der Waals surface area (Å²) in [5, 5.41) is 6.55. The molecular weight excluding hydrogens is 495 g/mol. The maximum Gasteiger partial charge on any atom is 0.213 e. The van der Waals surface area contributed by atoms with Crippen LogP contribution in [0, 0.1) is 12.8 Å². The smallest absolute Gasteiger partial charge is 0.213 e. The summed E-state index contributed by atoms with van der Waals surface area (Å²) < 4.78 is 26.8. The number of aliphatic imine (C=N–C) groups is 1. The molecular formula is C18H33IN4O2S2. The second kappa shape index (κ2) is 12.2. The van der Waals surface area contributed by atoms with Crippen LogP contribution >= 0.6 is 35.3 Å². The zero-order valence-electron chi connectivity index (χ0n) is 16.5. The van der Waals surface area contributed by atoms with E-state index in [1.165, 1.54) is 16.2 Å². The third-order valence-corrected chi connectivity index (χ3v) is 6.83. The van der Waals surface area contributed by atoms with E-state index in [1.54, 1.807) is 11.3 Å². The molecule has 0 amide bonds. The number of nitrogens with zero attached hydrogens (tertiary/aromatic N) is 1. The summed E-state index contributed by atoms with van der Waals surface area (Å²) in [6, 6.07) is 4.51. The number of aryl methyl sites for hydroxylation is 1. The molecule has 1 saturated carbocycles. The van der Waals surface area contributed by atoms with Gasteiger partial charge in [-0.05, 0) is 51.7 Å². The predicted molar refractivity (Wildman–Crippen MR) is 126 cm³/mol. The third kappa shape index (κ3) is 9.58. The van der Waals surface area contributed by atoms with Gasteiger partial charge in [-0.2, -0.15) is 0 Å². The van der Waals surface area contributed by atoms with Crippen molar-refractivity contribution in [2.75, 3.05) is 25.4 Å². The van der Waals surface area contributed by atoms with Crippen LogP contribution in [0.25, 0.3) is 0 Å². The summed E-state index contributed by atoms with van der Waals surface area (Å²) in [4.78, 5) is 7.07. The van der Waals surface area contributed by atoms with E-state index in [4.69, 9.17) is 0 Å². The number of sulfonamides is 1. The number of nitrogens with one attached hydrogen (secondary N) is 3. The zero-order valence-corrected chi connectivity index (χ0v) is 20.4. The summed E-state index contributed by atoms with van der Waals surface area (Å²) in [6.45, 7) is 7.78. The van der Waals surface area contributed by atoms with Crippen LogP contribution in [0.2, 0.25) is 0 Å². The first kappa shape index (κ1) is 24.6. The Labute approximate surface area is 185 Å². The molecule has 1 aliphatic carbocycles. The highest BCUT2D eigenvalue weighted by molar-refractivity contribution is 14.0. The largest absolute Gasteiger partial charge is 0.357 e. The van der Waals surface area contributed by atoms with Gasteiger partial charge in [-0.15, -0.1) is 35.3 Å². The first-order chi connectivity index (χ1) is 12.4. The number of thiophene rings is 1. The fraction of sp³-hybridized carbons (Fsp3) is 0.722. The Morgan fingerprint density at radius 1 is 1.37 bits per heavy atom. The van der Waals surface area contributed by atoms with E-state index >= 15 is 0 Å². The highest BCUT2D eigenvalue weighted by atomic mass is 127. The van der Waals surface area contributed by atoms with Gasteiger partial charge in [-0.3, -0.25) is 4.99 Å². The molecule has 0 spiro atoms. The van der Waals surface area contributed by atoms with Crippen LogP contribution in [0.4, 0.5) is 0 Å². The third-order valence-electron chi connectivity index (χ3n) is 4.48. The Bertz CT molecular complexity index is 687. The highest BCUT2D eigenvalue weighted by Crippen LogP contribution is 2.25. The Kier molecular flexibility index (Phi) is 11.2. The molecule has 156 valence electrons. The first-order valence-corrected chi connectivity index (χ1v) is 11.9. The number of rotatable bonds is 10. The normalized spacial score (nSPS) is 16.3. The van der Waals surface area contributed by atoms with Gasteiger partial charge in [0.25, 0.3) is 0 Å². The second-order valence-corrected chi connectivity index (χ2v) is 10.3. The van der Waals surface area contributed by atoms with Crippen molar-refractivity contribution in [1.29, 1.82) is 0 Å². The van der Waals surface area contributed by atoms with E-state index in [9.17, 15) is 8.42 Å². The molecule has 0 bridgehead atoms. The number of guanidine groups is 1. The monoisotopic (exact) mass is 528 g/mol. The molecule has 0 radical (unpaired) electrons. The van der Waals surface area contributed by atoms with Gasteiger partial charge in [0.05, 0.1) is 12.3 Å². The van der Waals surface area contributed by atoms with Crippen LogP contribution < -0.4 is 15.4 Å². The van der Waals surface area contributed by atoms with Crippen molar-refractivity contribution >= 4 is 51.3 Å². The van der Waals surface area contributed by atoms with Gasteiger partial charge in [0.2, 0.25) is 10.0 Å². The Morgan fingerprint density at radius 3 is 2.67 bits per heavy atom. The Hall–Kier alpha value is -0.390. The lowest BCUT2D eigenvalue weighted by molar-refractivity contribution is 0.316. The van der Waals surface area contributed by atoms with Crippen LogP contribution in [0.3, 0.4) is 0 Å². The van der Waals surface area contributed by atoms with Crippen molar-refractivity contribution < 1.29 is 8.42 Å². The lowest BCUT2D eigenvalue weighted by Crippen LogP contribution is -2.43. The predicted octanol–water partition coefficient (Wildman–Crippen LogP) is 2.88. The number of hydrogen-bond donors (Lipinski definition) is 3. The van der Waals surface area contributed by atoms with Gasteiger partial charge in [0.15, 0.2) is 5.96 Å². The summed E-state index contributed by atoms with van der Waals surface area (Å²) in [7, 11) is -3.25. The molecule has 1 aromatic rings. The summed E-state index contributed by atoms with van der Waals surface area (Å²) in [5.74, 6) is 1.21. The summed E-state index contributed by atoms with van der Waals surface area (Å²) >= 11 is 1.80. The fourth-order valence-electron chi connectivity index (χ4n) is 2.79. The Morgan fingerprint density at radius 2 is 2.11 bits per heavy atom. The van der Waals surface area contributed by atoms with E-state index in [-0.39, 0.29) is 42.3 Å². The molecule has 1 unspecified atom stereocenters. The number of halogens is 1. The van der Waals surface area contributed by atoms with Crippen molar-refractivity contribution in [3.05, 3.63) is 21.9 Å². The average molecular weight is 529 g/mol. The molecule has 9 heteroatoms. The van der Waals surface area contributed by atoms with Crippen LogP contribution in [0.5, 0.6) is 0 Å². The van der Waals surface area contributed by atoms with Crippen LogP contribution in [0.1, 0.15) is 42.9 Å². The van der Waals surface area contributed by atoms with Gasteiger partial charge < -0.3 is 10.6 Å². The van der Waals surface area contributed by atoms with Gasteiger partial charge in [-0.1, -0.05) is 6.42 Å². The molecule has 0 aliphatic heterocycles. The lowest BCUT2D eigenvalue weighted by Gasteiger charge is -2.25. The minimum absolute atomic E-state index is 0. The van der Waals surface area contributed by atoms with Gasteiger partial charge in [0.1, 0.15) is 0 Å². The zero-order chi connectivity index (χ0) is 19.0. The van der Waals surface area contributed by atoms with Crippen molar-refractivity contribution in [3.63, 3.8) is 0 Å². The van der Waals surface area contributed by atoms with Crippen molar-refractivity contribution in [1.82, 2.24) is 15.4 Å². The molecule has 0 aromatic carbocycles. The van der Waals surface area contributed by atoms with Crippen molar-refractivity contribution in [2.24, 2.45) is 10.9 Å².